The minimum absolute atomic E-state index is 0.00518. The number of benzene rings is 2. The minimum Gasteiger partial charge on any atom is -0.336 e. The number of fused-ring (bicyclic) bond motifs is 2. The molecule has 0 radical (unpaired) electrons. The Morgan fingerprint density at radius 1 is 0.892 bits per heavy atom. The fraction of sp³-hybridized carbons (Fsp3) is 0.353. The summed E-state index contributed by atoms with van der Waals surface area (Å²) in [6.07, 6.45) is 18.4. The first-order chi connectivity index (χ1) is 18.0. The highest BCUT2D eigenvalue weighted by Crippen LogP contribution is 2.61. The van der Waals surface area contributed by atoms with Crippen molar-refractivity contribution in [3.63, 3.8) is 0 Å². The third kappa shape index (κ3) is 3.96. The van der Waals surface area contributed by atoms with Crippen molar-refractivity contribution in [1.82, 2.24) is 0 Å². The summed E-state index contributed by atoms with van der Waals surface area (Å²) in [7, 11) is 0. The monoisotopic (exact) mass is 506 g/mol. The predicted molar refractivity (Wildman–Crippen MR) is 157 cm³/mol. The smallest absolute Gasteiger partial charge is 0.134 e. The molecule has 2 aromatic rings. The molecule has 0 amide bonds. The van der Waals surface area contributed by atoms with Crippen molar-refractivity contribution in [2.75, 3.05) is 9.80 Å². The normalized spacial score (nSPS) is 31.3. The Morgan fingerprint density at radius 2 is 1.62 bits per heavy atom. The Labute approximate surface area is 227 Å². The lowest BCUT2D eigenvalue weighted by Crippen LogP contribution is -2.54. The Kier molecular flexibility index (Phi) is 6.29. The van der Waals surface area contributed by atoms with Crippen LogP contribution in [0.25, 0.3) is 0 Å². The van der Waals surface area contributed by atoms with Crippen LogP contribution >= 0.6 is 11.6 Å². The quantitative estimate of drug-likeness (QED) is 0.303. The highest BCUT2D eigenvalue weighted by Gasteiger charge is 2.59. The van der Waals surface area contributed by atoms with Crippen molar-refractivity contribution in [1.29, 1.82) is 0 Å². The molecule has 0 bridgehead atoms. The summed E-state index contributed by atoms with van der Waals surface area (Å²) in [6.45, 7) is 4.91. The van der Waals surface area contributed by atoms with Crippen LogP contribution in [0.5, 0.6) is 0 Å². The molecule has 6 rings (SSSR count). The standard InChI is InChI=1S/C34H35ClN2/c1-33-24-12-13-25-34(33,2)37(29-18-10-5-11-19-29)32-30(33)22-20-28(21-23-31(32)35)36(26-14-6-3-7-15-26)27-16-8-4-9-17-27/h3,5-8,10-11,14-20,22,28,31H,4,9,12-13,24-25H2,1-2H3/b22-20-. The van der Waals surface area contributed by atoms with Crippen LogP contribution < -0.4 is 9.80 Å². The van der Waals surface area contributed by atoms with Gasteiger partial charge in [-0.2, -0.15) is 0 Å². The van der Waals surface area contributed by atoms with Gasteiger partial charge in [-0.3, -0.25) is 0 Å². The summed E-state index contributed by atoms with van der Waals surface area (Å²) >= 11 is 7.28. The van der Waals surface area contributed by atoms with E-state index in [9.17, 15) is 0 Å². The van der Waals surface area contributed by atoms with Gasteiger partial charge in [0.25, 0.3) is 0 Å². The second-order valence-electron chi connectivity index (χ2n) is 11.1. The molecule has 4 unspecified atom stereocenters. The summed E-state index contributed by atoms with van der Waals surface area (Å²) in [4.78, 5) is 4.90. The lowest BCUT2D eigenvalue weighted by Gasteiger charge is -2.51. The molecule has 37 heavy (non-hydrogen) atoms. The first-order valence-electron chi connectivity index (χ1n) is 13.7. The van der Waals surface area contributed by atoms with Gasteiger partial charge in [-0.25, -0.2) is 0 Å². The van der Waals surface area contributed by atoms with Gasteiger partial charge >= 0.3 is 0 Å². The van der Waals surface area contributed by atoms with Gasteiger partial charge in [0.05, 0.1) is 11.2 Å². The molecule has 4 atom stereocenters. The molecule has 0 spiro atoms. The first kappa shape index (κ1) is 24.2. The van der Waals surface area contributed by atoms with E-state index in [2.05, 4.69) is 127 Å². The third-order valence-electron chi connectivity index (χ3n) is 9.01. The minimum atomic E-state index is -0.379. The zero-order valence-electron chi connectivity index (χ0n) is 21.8. The van der Waals surface area contributed by atoms with E-state index < -0.39 is 0 Å². The van der Waals surface area contributed by atoms with E-state index in [1.165, 1.54) is 35.5 Å². The lowest BCUT2D eigenvalue weighted by molar-refractivity contribution is 0.153. The van der Waals surface area contributed by atoms with Crippen LogP contribution in [0.3, 0.4) is 0 Å². The molecule has 0 saturated heterocycles. The highest BCUT2D eigenvalue weighted by molar-refractivity contribution is 6.25. The summed E-state index contributed by atoms with van der Waals surface area (Å²) < 4.78 is 0. The van der Waals surface area contributed by atoms with Gasteiger partial charge in [0.2, 0.25) is 0 Å². The van der Waals surface area contributed by atoms with Crippen LogP contribution in [-0.4, -0.2) is 17.0 Å². The molecule has 3 heteroatoms. The van der Waals surface area contributed by atoms with Crippen molar-refractivity contribution >= 4 is 23.0 Å². The molecule has 3 aliphatic carbocycles. The number of hydrogen-bond acceptors (Lipinski definition) is 2. The molecule has 2 nitrogen and oxygen atoms in total. The van der Waals surface area contributed by atoms with E-state index in [1.54, 1.807) is 0 Å². The molecular formula is C34H35ClN2. The highest BCUT2D eigenvalue weighted by atomic mass is 35.5. The number of anilines is 2. The fourth-order valence-corrected chi connectivity index (χ4v) is 7.19. The van der Waals surface area contributed by atoms with Gasteiger partial charge in [-0.05, 0) is 74.6 Å². The Morgan fingerprint density at radius 3 is 2.35 bits per heavy atom. The number of hydrogen-bond donors (Lipinski definition) is 0. The second-order valence-corrected chi connectivity index (χ2v) is 11.5. The molecule has 4 aliphatic rings. The Hall–Kier alpha value is -3.15. The first-order valence-corrected chi connectivity index (χ1v) is 14.1. The summed E-state index contributed by atoms with van der Waals surface area (Å²) in [6, 6.07) is 21.3. The van der Waals surface area contributed by atoms with E-state index in [4.69, 9.17) is 11.6 Å². The molecule has 0 aromatic heterocycles. The average molecular weight is 507 g/mol. The number of halogens is 1. The largest absolute Gasteiger partial charge is 0.336 e. The van der Waals surface area contributed by atoms with Crippen LogP contribution in [-0.2, 0) is 0 Å². The molecule has 1 heterocycles. The molecule has 1 saturated carbocycles. The van der Waals surface area contributed by atoms with Gasteiger partial charge < -0.3 is 9.80 Å². The van der Waals surface area contributed by atoms with Crippen LogP contribution in [0.1, 0.15) is 52.4 Å². The van der Waals surface area contributed by atoms with Crippen molar-refractivity contribution in [2.45, 2.75) is 69.3 Å². The number of alkyl halides is 1. The topological polar surface area (TPSA) is 6.48 Å². The van der Waals surface area contributed by atoms with Crippen molar-refractivity contribution < 1.29 is 0 Å². The zero-order chi connectivity index (χ0) is 25.5. The van der Waals surface area contributed by atoms with E-state index in [-0.39, 0.29) is 22.4 Å². The maximum atomic E-state index is 7.28. The van der Waals surface area contributed by atoms with Crippen LogP contribution in [0, 0.1) is 17.3 Å². The zero-order valence-corrected chi connectivity index (χ0v) is 22.6. The number of nitrogens with zero attached hydrogens (tertiary/aromatic N) is 2. The van der Waals surface area contributed by atoms with Crippen LogP contribution in [0.4, 0.5) is 11.4 Å². The van der Waals surface area contributed by atoms with E-state index in [1.807, 2.05) is 0 Å². The molecule has 1 aliphatic heterocycles. The van der Waals surface area contributed by atoms with E-state index in [0.717, 1.165) is 31.4 Å². The number of allylic oxidation sites excluding steroid dienone is 5. The van der Waals surface area contributed by atoms with Gasteiger partial charge in [-0.15, -0.1) is 11.6 Å². The van der Waals surface area contributed by atoms with Crippen molar-refractivity contribution in [2.24, 2.45) is 5.41 Å². The summed E-state index contributed by atoms with van der Waals surface area (Å²) in [5.41, 5.74) is 6.06. The van der Waals surface area contributed by atoms with Crippen molar-refractivity contribution in [3.05, 3.63) is 108 Å². The van der Waals surface area contributed by atoms with Gasteiger partial charge in [-0.1, -0.05) is 86.2 Å². The fourth-order valence-electron chi connectivity index (χ4n) is 6.92. The molecule has 0 N–H and O–H groups in total. The van der Waals surface area contributed by atoms with Gasteiger partial charge in [0.1, 0.15) is 11.4 Å². The number of para-hydroxylation sites is 2. The molecule has 188 valence electrons. The average Bonchev–Trinajstić information content (AvgIpc) is 3.14. The summed E-state index contributed by atoms with van der Waals surface area (Å²) in [5.74, 6) is 7.09. The second kappa shape index (κ2) is 9.62. The summed E-state index contributed by atoms with van der Waals surface area (Å²) in [5, 5.41) is -0.379. The van der Waals surface area contributed by atoms with Gasteiger partial charge in [0.15, 0.2) is 0 Å². The predicted octanol–water partition coefficient (Wildman–Crippen LogP) is 8.39. The Bertz CT molecular complexity index is 1340. The molecular weight excluding hydrogens is 472 g/mol. The van der Waals surface area contributed by atoms with Crippen LogP contribution in [0.2, 0.25) is 0 Å². The van der Waals surface area contributed by atoms with E-state index in [0.29, 0.717) is 0 Å². The van der Waals surface area contributed by atoms with Crippen LogP contribution in [0.15, 0.2) is 108 Å². The Balaban J connectivity index is 1.49. The maximum absolute atomic E-state index is 7.28. The van der Waals surface area contributed by atoms with E-state index >= 15 is 0 Å². The lowest BCUT2D eigenvalue weighted by atomic mass is 9.60. The third-order valence-corrected chi connectivity index (χ3v) is 9.32. The van der Waals surface area contributed by atoms with Crippen molar-refractivity contribution in [3.8, 4) is 11.8 Å². The maximum Gasteiger partial charge on any atom is 0.134 e. The van der Waals surface area contributed by atoms with Gasteiger partial charge in [0, 0.05) is 22.5 Å². The molecule has 2 aromatic carbocycles. The molecule has 1 fully saturated rings. The number of rotatable bonds is 4. The SMILES string of the molecule is CC12CCCCC1(C)N(c1ccccc1)C1=C2/C=C\C(N(C2=CCCC=C2)c2ccccc2)C#CC1Cl.